The Morgan fingerprint density at radius 3 is 2.34 bits per heavy atom. The molecule has 1 aromatic heterocycles. The van der Waals surface area contributed by atoms with Crippen LogP contribution in [0.25, 0.3) is 0 Å². The number of amides is 3. The van der Waals surface area contributed by atoms with Crippen LogP contribution in [-0.4, -0.2) is 24.2 Å². The lowest BCUT2D eigenvalue weighted by Crippen LogP contribution is -2.38. The smallest absolute Gasteiger partial charge is 0.411 e. The molecule has 0 fully saturated rings. The molecule has 29 heavy (non-hydrogen) atoms. The summed E-state index contributed by atoms with van der Waals surface area (Å²) in [5.74, 6) is 0. The van der Waals surface area contributed by atoms with Gasteiger partial charge in [0.15, 0.2) is 0 Å². The Kier molecular flexibility index (Phi) is 6.78. The molecule has 0 aliphatic carbocycles. The van der Waals surface area contributed by atoms with Crippen LogP contribution < -0.4 is 16.0 Å². The molecule has 0 radical (unpaired) electrons. The van der Waals surface area contributed by atoms with Crippen molar-refractivity contribution in [2.45, 2.75) is 12.6 Å². The second-order valence-electron chi connectivity index (χ2n) is 6.24. The van der Waals surface area contributed by atoms with Crippen LogP contribution in [0.1, 0.15) is 22.9 Å². The summed E-state index contributed by atoms with van der Waals surface area (Å²) >= 11 is 0. The van der Waals surface area contributed by atoms with Gasteiger partial charge in [0.25, 0.3) is 0 Å². The summed E-state index contributed by atoms with van der Waals surface area (Å²) in [6.45, 7) is 0.341. The van der Waals surface area contributed by atoms with Crippen molar-refractivity contribution in [2.24, 2.45) is 0 Å². The summed E-state index contributed by atoms with van der Waals surface area (Å²) in [7, 11) is 1.31. The summed E-state index contributed by atoms with van der Waals surface area (Å²) in [6.07, 6.45) is 1.17. The molecular formula is C22H22N4O3. The van der Waals surface area contributed by atoms with Gasteiger partial charge in [-0.3, -0.25) is 10.3 Å². The van der Waals surface area contributed by atoms with Gasteiger partial charge in [-0.2, -0.15) is 0 Å². The molecule has 1 unspecified atom stereocenters. The van der Waals surface area contributed by atoms with Gasteiger partial charge in [0, 0.05) is 18.4 Å². The number of nitrogens with one attached hydrogen (secondary N) is 3. The standard InChI is InChI=1S/C22H22N4O3/c1-29-22(28)25-18-12-10-16(11-13-18)15-24-21(27)26-20(17-7-3-2-4-8-17)19-9-5-6-14-23-19/h2-14,20H,15H2,1H3,(H,25,28)(H2,24,26,27). The third-order valence-electron chi connectivity index (χ3n) is 4.23. The van der Waals surface area contributed by atoms with Crippen molar-refractivity contribution in [1.82, 2.24) is 15.6 Å². The minimum absolute atomic E-state index is 0.304. The molecule has 0 spiro atoms. The van der Waals surface area contributed by atoms with E-state index >= 15 is 0 Å². The van der Waals surface area contributed by atoms with E-state index in [9.17, 15) is 9.59 Å². The molecule has 3 rings (SSSR count). The van der Waals surface area contributed by atoms with Gasteiger partial charge in [0.05, 0.1) is 18.8 Å². The van der Waals surface area contributed by atoms with Crippen molar-refractivity contribution in [3.63, 3.8) is 0 Å². The van der Waals surface area contributed by atoms with Crippen LogP contribution in [0.4, 0.5) is 15.3 Å². The van der Waals surface area contributed by atoms with Crippen molar-refractivity contribution in [3.8, 4) is 0 Å². The molecule has 3 amide bonds. The Balaban J connectivity index is 1.61. The van der Waals surface area contributed by atoms with E-state index in [4.69, 9.17) is 0 Å². The maximum Gasteiger partial charge on any atom is 0.411 e. The minimum Gasteiger partial charge on any atom is -0.453 e. The van der Waals surface area contributed by atoms with Crippen molar-refractivity contribution in [1.29, 1.82) is 0 Å². The number of pyridine rings is 1. The van der Waals surface area contributed by atoms with E-state index in [0.29, 0.717) is 12.2 Å². The highest BCUT2D eigenvalue weighted by Gasteiger charge is 2.17. The van der Waals surface area contributed by atoms with Crippen LogP contribution in [0.3, 0.4) is 0 Å². The second-order valence-corrected chi connectivity index (χ2v) is 6.24. The molecule has 2 aromatic carbocycles. The number of rotatable bonds is 6. The third kappa shape index (κ3) is 5.80. The normalized spacial score (nSPS) is 11.2. The van der Waals surface area contributed by atoms with E-state index in [-0.39, 0.29) is 12.1 Å². The minimum atomic E-state index is -0.531. The Morgan fingerprint density at radius 1 is 0.966 bits per heavy atom. The third-order valence-corrected chi connectivity index (χ3v) is 4.23. The summed E-state index contributed by atoms with van der Waals surface area (Å²) in [5, 5.41) is 8.41. The topological polar surface area (TPSA) is 92.4 Å². The fourth-order valence-electron chi connectivity index (χ4n) is 2.76. The number of ether oxygens (including phenoxy) is 1. The molecule has 0 saturated carbocycles. The van der Waals surface area contributed by atoms with Gasteiger partial charge < -0.3 is 15.4 Å². The molecule has 1 heterocycles. The lowest BCUT2D eigenvalue weighted by molar-refractivity contribution is 0.187. The first-order valence-corrected chi connectivity index (χ1v) is 9.10. The highest BCUT2D eigenvalue weighted by atomic mass is 16.5. The second kappa shape index (κ2) is 9.89. The monoisotopic (exact) mass is 390 g/mol. The summed E-state index contributed by atoms with van der Waals surface area (Å²) in [5.41, 5.74) is 3.21. The number of carbonyl (C=O) groups is 2. The predicted molar refractivity (Wildman–Crippen MR) is 110 cm³/mol. The van der Waals surface area contributed by atoms with Gasteiger partial charge in [-0.15, -0.1) is 0 Å². The average Bonchev–Trinajstić information content (AvgIpc) is 2.78. The van der Waals surface area contributed by atoms with Gasteiger partial charge in [-0.1, -0.05) is 48.5 Å². The van der Waals surface area contributed by atoms with Crippen LogP contribution in [0, 0.1) is 0 Å². The largest absolute Gasteiger partial charge is 0.453 e. The zero-order chi connectivity index (χ0) is 20.5. The first-order chi connectivity index (χ1) is 14.2. The number of hydrogen-bond donors (Lipinski definition) is 3. The number of methoxy groups -OCH3 is 1. The highest BCUT2D eigenvalue weighted by Crippen LogP contribution is 2.19. The number of hydrogen-bond acceptors (Lipinski definition) is 4. The SMILES string of the molecule is COC(=O)Nc1ccc(CNC(=O)NC(c2ccccc2)c2ccccn2)cc1. The van der Waals surface area contributed by atoms with Gasteiger partial charge in [0.1, 0.15) is 0 Å². The van der Waals surface area contributed by atoms with Crippen molar-refractivity contribution in [3.05, 3.63) is 95.8 Å². The fraction of sp³-hybridized carbons (Fsp3) is 0.136. The molecule has 1 atom stereocenters. The van der Waals surface area contributed by atoms with Crippen LogP contribution in [-0.2, 0) is 11.3 Å². The summed E-state index contributed by atoms with van der Waals surface area (Å²) in [6, 6.07) is 21.7. The van der Waals surface area contributed by atoms with E-state index < -0.39 is 6.09 Å². The molecule has 7 heteroatoms. The number of nitrogens with zero attached hydrogens (tertiary/aromatic N) is 1. The predicted octanol–water partition coefficient (Wildman–Crippen LogP) is 3.85. The van der Waals surface area contributed by atoms with E-state index in [1.807, 2.05) is 60.7 Å². The maximum atomic E-state index is 12.5. The Hall–Kier alpha value is -3.87. The van der Waals surface area contributed by atoms with Gasteiger partial charge in [0.2, 0.25) is 0 Å². The van der Waals surface area contributed by atoms with Crippen molar-refractivity contribution < 1.29 is 14.3 Å². The van der Waals surface area contributed by atoms with Crippen LogP contribution in [0.15, 0.2) is 79.0 Å². The molecule has 0 saturated heterocycles. The molecule has 3 N–H and O–H groups in total. The molecular weight excluding hydrogens is 368 g/mol. The Bertz CT molecular complexity index is 892. The Morgan fingerprint density at radius 2 is 1.69 bits per heavy atom. The van der Waals surface area contributed by atoms with Crippen LogP contribution >= 0.6 is 0 Å². The molecule has 0 aliphatic rings. The number of benzene rings is 2. The quantitative estimate of drug-likeness (QED) is 0.596. The van der Waals surface area contributed by atoms with Gasteiger partial charge in [-0.25, -0.2) is 9.59 Å². The molecule has 7 nitrogen and oxygen atoms in total. The van der Waals surface area contributed by atoms with Crippen molar-refractivity contribution >= 4 is 17.8 Å². The lowest BCUT2D eigenvalue weighted by atomic mass is 10.0. The fourth-order valence-corrected chi connectivity index (χ4v) is 2.76. The molecule has 3 aromatic rings. The number of aromatic nitrogens is 1. The van der Waals surface area contributed by atoms with Crippen molar-refractivity contribution in [2.75, 3.05) is 12.4 Å². The van der Waals surface area contributed by atoms with E-state index in [2.05, 4.69) is 25.7 Å². The highest BCUT2D eigenvalue weighted by molar-refractivity contribution is 5.84. The first-order valence-electron chi connectivity index (χ1n) is 9.10. The summed E-state index contributed by atoms with van der Waals surface area (Å²) in [4.78, 5) is 28.1. The number of urea groups is 1. The van der Waals surface area contributed by atoms with E-state index in [1.54, 1.807) is 18.3 Å². The first kappa shape index (κ1) is 19.9. The average molecular weight is 390 g/mol. The van der Waals surface area contributed by atoms with Crippen LogP contribution in [0.5, 0.6) is 0 Å². The summed E-state index contributed by atoms with van der Waals surface area (Å²) < 4.78 is 4.55. The zero-order valence-corrected chi connectivity index (χ0v) is 16.0. The Labute approximate surface area is 169 Å². The molecule has 0 bridgehead atoms. The van der Waals surface area contributed by atoms with Gasteiger partial charge in [-0.05, 0) is 35.4 Å². The molecule has 0 aliphatic heterocycles. The number of carbonyl (C=O) groups excluding carboxylic acids is 2. The van der Waals surface area contributed by atoms with E-state index in [1.165, 1.54) is 7.11 Å². The lowest BCUT2D eigenvalue weighted by Gasteiger charge is -2.19. The maximum absolute atomic E-state index is 12.5. The zero-order valence-electron chi connectivity index (χ0n) is 16.0. The van der Waals surface area contributed by atoms with Gasteiger partial charge >= 0.3 is 12.1 Å². The number of anilines is 1. The molecule has 148 valence electrons. The van der Waals surface area contributed by atoms with Crippen LogP contribution in [0.2, 0.25) is 0 Å². The van der Waals surface area contributed by atoms with E-state index in [0.717, 1.165) is 16.8 Å².